The summed E-state index contributed by atoms with van der Waals surface area (Å²) in [6, 6.07) is 7.00. The van der Waals surface area contributed by atoms with Crippen molar-refractivity contribution < 1.29 is 9.90 Å². The SMILES string of the molecule is Cn1cnc(C(=O)Nc2ccc(CO)cc2)c1. The molecule has 0 fully saturated rings. The number of aryl methyl sites for hydroxylation is 1. The summed E-state index contributed by atoms with van der Waals surface area (Å²) in [4.78, 5) is 15.7. The zero-order valence-corrected chi connectivity index (χ0v) is 9.42. The molecular formula is C12H13N3O2. The molecule has 0 saturated heterocycles. The van der Waals surface area contributed by atoms with Crippen LogP contribution in [-0.4, -0.2) is 20.6 Å². The van der Waals surface area contributed by atoms with Crippen molar-refractivity contribution in [2.45, 2.75) is 6.61 Å². The predicted molar refractivity (Wildman–Crippen MR) is 63.5 cm³/mol. The van der Waals surface area contributed by atoms with Gasteiger partial charge in [-0.3, -0.25) is 4.79 Å². The molecule has 0 aliphatic heterocycles. The summed E-state index contributed by atoms with van der Waals surface area (Å²) >= 11 is 0. The van der Waals surface area contributed by atoms with Gasteiger partial charge in [0, 0.05) is 18.9 Å². The lowest BCUT2D eigenvalue weighted by Gasteiger charge is -2.03. The van der Waals surface area contributed by atoms with Gasteiger partial charge < -0.3 is 15.0 Å². The predicted octanol–water partition coefficient (Wildman–Crippen LogP) is 1.16. The van der Waals surface area contributed by atoms with Crippen molar-refractivity contribution in [3.8, 4) is 0 Å². The van der Waals surface area contributed by atoms with Crippen LogP contribution in [0.15, 0.2) is 36.8 Å². The van der Waals surface area contributed by atoms with Crippen LogP contribution in [0.3, 0.4) is 0 Å². The van der Waals surface area contributed by atoms with E-state index in [0.717, 1.165) is 5.56 Å². The topological polar surface area (TPSA) is 67.2 Å². The standard InChI is InChI=1S/C12H13N3O2/c1-15-6-11(13-8-15)12(17)14-10-4-2-9(7-16)3-5-10/h2-6,8,16H,7H2,1H3,(H,14,17). The van der Waals surface area contributed by atoms with Crippen LogP contribution in [0.25, 0.3) is 0 Å². The number of carbonyl (C=O) groups excluding carboxylic acids is 1. The molecule has 5 nitrogen and oxygen atoms in total. The van der Waals surface area contributed by atoms with Crippen LogP contribution in [0.5, 0.6) is 0 Å². The third kappa shape index (κ3) is 2.70. The van der Waals surface area contributed by atoms with E-state index < -0.39 is 0 Å². The van der Waals surface area contributed by atoms with E-state index in [1.165, 1.54) is 0 Å². The van der Waals surface area contributed by atoms with Crippen molar-refractivity contribution in [3.63, 3.8) is 0 Å². The third-order valence-electron chi connectivity index (χ3n) is 2.33. The van der Waals surface area contributed by atoms with E-state index in [9.17, 15) is 4.79 Å². The summed E-state index contributed by atoms with van der Waals surface area (Å²) in [5.74, 6) is -0.248. The van der Waals surface area contributed by atoms with Gasteiger partial charge in [-0.05, 0) is 17.7 Å². The van der Waals surface area contributed by atoms with Gasteiger partial charge in [0.1, 0.15) is 5.69 Å². The zero-order chi connectivity index (χ0) is 12.3. The Bertz CT molecular complexity index is 517. The maximum atomic E-state index is 11.7. The van der Waals surface area contributed by atoms with Gasteiger partial charge in [-0.25, -0.2) is 4.98 Å². The first-order valence-electron chi connectivity index (χ1n) is 5.18. The van der Waals surface area contributed by atoms with Crippen molar-refractivity contribution in [3.05, 3.63) is 48.0 Å². The first kappa shape index (κ1) is 11.3. The van der Waals surface area contributed by atoms with Crippen LogP contribution >= 0.6 is 0 Å². The van der Waals surface area contributed by atoms with Crippen LogP contribution in [0.2, 0.25) is 0 Å². The number of rotatable bonds is 3. The number of nitrogens with zero attached hydrogens (tertiary/aromatic N) is 2. The Balaban J connectivity index is 2.07. The summed E-state index contributed by atoms with van der Waals surface area (Å²) in [5, 5.41) is 11.6. The van der Waals surface area contributed by atoms with Crippen LogP contribution < -0.4 is 5.32 Å². The molecule has 2 aromatic rings. The number of imidazole rings is 1. The highest BCUT2D eigenvalue weighted by molar-refractivity contribution is 6.02. The molecule has 0 spiro atoms. The van der Waals surface area contributed by atoms with Crippen LogP contribution in [-0.2, 0) is 13.7 Å². The molecule has 5 heteroatoms. The van der Waals surface area contributed by atoms with Crippen molar-refractivity contribution in [2.75, 3.05) is 5.32 Å². The molecule has 1 heterocycles. The molecule has 0 saturated carbocycles. The molecule has 88 valence electrons. The Morgan fingerprint density at radius 2 is 2.12 bits per heavy atom. The molecule has 1 aromatic carbocycles. The van der Waals surface area contributed by atoms with Crippen molar-refractivity contribution >= 4 is 11.6 Å². The van der Waals surface area contributed by atoms with Crippen LogP contribution in [0.1, 0.15) is 16.1 Å². The molecule has 1 aromatic heterocycles. The fourth-order valence-corrected chi connectivity index (χ4v) is 1.42. The number of nitrogens with one attached hydrogen (secondary N) is 1. The number of aromatic nitrogens is 2. The molecule has 0 bridgehead atoms. The smallest absolute Gasteiger partial charge is 0.275 e. The van der Waals surface area contributed by atoms with Gasteiger partial charge in [0.15, 0.2) is 0 Å². The van der Waals surface area contributed by atoms with E-state index in [2.05, 4.69) is 10.3 Å². The summed E-state index contributed by atoms with van der Waals surface area (Å²) < 4.78 is 1.71. The molecule has 0 unspecified atom stereocenters. The number of hydrogen-bond acceptors (Lipinski definition) is 3. The number of anilines is 1. The molecule has 0 aliphatic rings. The fourth-order valence-electron chi connectivity index (χ4n) is 1.42. The van der Waals surface area contributed by atoms with Gasteiger partial charge in [0.2, 0.25) is 0 Å². The maximum absolute atomic E-state index is 11.7. The van der Waals surface area contributed by atoms with E-state index in [0.29, 0.717) is 11.4 Å². The number of aliphatic hydroxyl groups is 1. The van der Waals surface area contributed by atoms with E-state index in [1.54, 1.807) is 48.4 Å². The second-order valence-corrected chi connectivity index (χ2v) is 3.73. The minimum atomic E-state index is -0.248. The second-order valence-electron chi connectivity index (χ2n) is 3.73. The Kier molecular flexibility index (Phi) is 3.20. The first-order valence-corrected chi connectivity index (χ1v) is 5.18. The first-order chi connectivity index (χ1) is 8.19. The lowest BCUT2D eigenvalue weighted by atomic mass is 10.2. The summed E-state index contributed by atoms with van der Waals surface area (Å²) in [7, 11) is 1.81. The molecule has 17 heavy (non-hydrogen) atoms. The average molecular weight is 231 g/mol. The number of amides is 1. The van der Waals surface area contributed by atoms with E-state index in [1.807, 2.05) is 0 Å². The van der Waals surface area contributed by atoms with Gasteiger partial charge in [-0.2, -0.15) is 0 Å². The highest BCUT2D eigenvalue weighted by atomic mass is 16.3. The number of carbonyl (C=O) groups is 1. The third-order valence-corrected chi connectivity index (χ3v) is 2.33. The van der Waals surface area contributed by atoms with Crippen LogP contribution in [0.4, 0.5) is 5.69 Å². The minimum Gasteiger partial charge on any atom is -0.392 e. The number of hydrogen-bond donors (Lipinski definition) is 2. The van der Waals surface area contributed by atoms with Crippen molar-refractivity contribution in [1.29, 1.82) is 0 Å². The number of benzene rings is 1. The summed E-state index contributed by atoms with van der Waals surface area (Å²) in [6.45, 7) is -0.00549. The molecule has 0 radical (unpaired) electrons. The molecule has 1 amide bonds. The largest absolute Gasteiger partial charge is 0.392 e. The molecule has 0 atom stereocenters. The Labute approximate surface area is 98.7 Å². The average Bonchev–Trinajstić information content (AvgIpc) is 2.77. The molecule has 2 rings (SSSR count). The molecule has 0 aliphatic carbocycles. The Hall–Kier alpha value is -2.14. The van der Waals surface area contributed by atoms with Crippen molar-refractivity contribution in [2.24, 2.45) is 7.05 Å². The molecular weight excluding hydrogens is 218 g/mol. The zero-order valence-electron chi connectivity index (χ0n) is 9.42. The highest BCUT2D eigenvalue weighted by Gasteiger charge is 2.08. The Morgan fingerprint density at radius 1 is 1.41 bits per heavy atom. The lowest BCUT2D eigenvalue weighted by molar-refractivity contribution is 0.102. The van der Waals surface area contributed by atoms with Gasteiger partial charge in [-0.15, -0.1) is 0 Å². The molecule has 2 N–H and O–H groups in total. The van der Waals surface area contributed by atoms with Crippen LogP contribution in [0, 0.1) is 0 Å². The highest BCUT2D eigenvalue weighted by Crippen LogP contribution is 2.10. The Morgan fingerprint density at radius 3 is 2.65 bits per heavy atom. The van der Waals surface area contributed by atoms with Gasteiger partial charge in [0.05, 0.1) is 12.9 Å². The van der Waals surface area contributed by atoms with Gasteiger partial charge in [-0.1, -0.05) is 12.1 Å². The quantitative estimate of drug-likeness (QED) is 0.833. The number of aliphatic hydroxyl groups excluding tert-OH is 1. The van der Waals surface area contributed by atoms with E-state index in [4.69, 9.17) is 5.11 Å². The van der Waals surface area contributed by atoms with E-state index in [-0.39, 0.29) is 12.5 Å². The van der Waals surface area contributed by atoms with Gasteiger partial charge >= 0.3 is 0 Å². The monoisotopic (exact) mass is 231 g/mol. The maximum Gasteiger partial charge on any atom is 0.275 e. The second kappa shape index (κ2) is 4.80. The summed E-state index contributed by atoms with van der Waals surface area (Å²) in [5.41, 5.74) is 1.86. The minimum absolute atomic E-state index is 0.00549. The van der Waals surface area contributed by atoms with E-state index >= 15 is 0 Å². The fraction of sp³-hybridized carbons (Fsp3) is 0.167. The van der Waals surface area contributed by atoms with Crippen molar-refractivity contribution in [1.82, 2.24) is 9.55 Å². The summed E-state index contributed by atoms with van der Waals surface area (Å²) in [6.07, 6.45) is 3.22. The van der Waals surface area contributed by atoms with Gasteiger partial charge in [0.25, 0.3) is 5.91 Å². The lowest BCUT2D eigenvalue weighted by Crippen LogP contribution is -2.12. The normalized spacial score (nSPS) is 10.2.